The van der Waals surface area contributed by atoms with Crippen LogP contribution in [0, 0.1) is 0 Å². The summed E-state index contributed by atoms with van der Waals surface area (Å²) in [4.78, 5) is 24.3. The van der Waals surface area contributed by atoms with Gasteiger partial charge in [0.1, 0.15) is 5.82 Å². The third-order valence-electron chi connectivity index (χ3n) is 6.77. The second kappa shape index (κ2) is 11.1. The maximum Gasteiger partial charge on any atom is 0.255 e. The van der Waals surface area contributed by atoms with Crippen molar-refractivity contribution in [2.45, 2.75) is 51.5 Å². The van der Waals surface area contributed by atoms with Gasteiger partial charge in [-0.3, -0.25) is 9.78 Å². The summed E-state index contributed by atoms with van der Waals surface area (Å²) in [6.07, 6.45) is 8.37. The van der Waals surface area contributed by atoms with Crippen LogP contribution in [0.15, 0.2) is 61.4 Å². The zero-order valence-corrected chi connectivity index (χ0v) is 22.6. The topological polar surface area (TPSA) is 82.2 Å². The molecule has 2 aromatic heterocycles. The molecule has 0 bridgehead atoms. The van der Waals surface area contributed by atoms with Gasteiger partial charge in [-0.2, -0.15) is 0 Å². The minimum atomic E-state index is -0.213. The molecule has 0 saturated heterocycles. The zero-order chi connectivity index (χ0) is 26.6. The van der Waals surface area contributed by atoms with Gasteiger partial charge in [0.15, 0.2) is 0 Å². The van der Waals surface area contributed by atoms with E-state index in [9.17, 15) is 4.79 Å². The first-order valence-electron chi connectivity index (χ1n) is 12.8. The summed E-state index contributed by atoms with van der Waals surface area (Å²) >= 11 is 0. The van der Waals surface area contributed by atoms with Gasteiger partial charge in [0.25, 0.3) is 5.91 Å². The molecule has 4 rings (SSSR count). The van der Waals surface area contributed by atoms with Gasteiger partial charge < -0.3 is 20.9 Å². The van der Waals surface area contributed by atoms with Crippen LogP contribution in [0.25, 0.3) is 0 Å². The van der Waals surface area contributed by atoms with Crippen LogP contribution in [0.5, 0.6) is 0 Å². The van der Waals surface area contributed by atoms with Gasteiger partial charge in [0.2, 0.25) is 0 Å². The number of hydrogen-bond donors (Lipinski definition) is 3. The van der Waals surface area contributed by atoms with E-state index in [0.29, 0.717) is 29.7 Å². The third-order valence-corrected chi connectivity index (χ3v) is 6.77. The fourth-order valence-corrected chi connectivity index (χ4v) is 4.55. The molecule has 7 nitrogen and oxygen atoms in total. The van der Waals surface area contributed by atoms with Crippen molar-refractivity contribution in [3.05, 3.63) is 83.8 Å². The van der Waals surface area contributed by atoms with Crippen molar-refractivity contribution in [3.8, 4) is 0 Å². The van der Waals surface area contributed by atoms with Crippen molar-refractivity contribution in [2.75, 3.05) is 31.3 Å². The van der Waals surface area contributed by atoms with Crippen molar-refractivity contribution in [1.82, 2.24) is 20.2 Å². The number of fused-ring (bicyclic) bond motifs is 1. The molecule has 3 aromatic rings. The monoisotopic (exact) mass is 498 g/mol. The van der Waals surface area contributed by atoms with Crippen molar-refractivity contribution >= 4 is 28.8 Å². The van der Waals surface area contributed by atoms with Crippen molar-refractivity contribution < 1.29 is 4.79 Å². The Labute approximate surface area is 220 Å². The molecule has 37 heavy (non-hydrogen) atoms. The number of likely N-dealkylation sites (N-methyl/N-ethyl adjacent to an activating group) is 1. The summed E-state index contributed by atoms with van der Waals surface area (Å²) in [5.41, 5.74) is 6.63. The Bertz CT molecular complexity index is 1280. The number of pyridine rings is 2. The average Bonchev–Trinajstić information content (AvgIpc) is 2.86. The molecular weight excluding hydrogens is 460 g/mol. The normalized spacial score (nSPS) is 15.1. The highest BCUT2D eigenvalue weighted by atomic mass is 16.1. The van der Waals surface area contributed by atoms with Gasteiger partial charge in [-0.15, -0.1) is 6.58 Å². The second-order valence-electron chi connectivity index (χ2n) is 10.9. The number of rotatable bonds is 8. The Kier molecular flexibility index (Phi) is 7.93. The summed E-state index contributed by atoms with van der Waals surface area (Å²) in [5, 5.41) is 9.72. The van der Waals surface area contributed by atoms with E-state index in [0.717, 1.165) is 29.9 Å². The van der Waals surface area contributed by atoms with E-state index in [-0.39, 0.29) is 11.3 Å². The molecule has 194 valence electrons. The molecule has 0 fully saturated rings. The predicted octanol–water partition coefficient (Wildman–Crippen LogP) is 5.60. The van der Waals surface area contributed by atoms with E-state index >= 15 is 0 Å². The van der Waals surface area contributed by atoms with E-state index in [1.54, 1.807) is 18.5 Å². The van der Waals surface area contributed by atoms with Crippen LogP contribution >= 0.6 is 0 Å². The molecule has 1 aliphatic carbocycles. The van der Waals surface area contributed by atoms with Crippen LogP contribution in [0.1, 0.15) is 54.4 Å². The second-order valence-corrected chi connectivity index (χ2v) is 10.9. The molecule has 0 radical (unpaired) electrons. The lowest BCUT2D eigenvalue weighted by molar-refractivity contribution is 0.0958. The van der Waals surface area contributed by atoms with Crippen LogP contribution in [0.2, 0.25) is 0 Å². The Morgan fingerprint density at radius 3 is 2.59 bits per heavy atom. The maximum atomic E-state index is 12.9. The number of carbonyl (C=O) groups excluding carboxylic acids is 1. The number of benzene rings is 1. The molecule has 1 aromatic carbocycles. The average molecular weight is 499 g/mol. The quantitative estimate of drug-likeness (QED) is 0.351. The van der Waals surface area contributed by atoms with E-state index in [1.807, 2.05) is 18.2 Å². The number of hydrogen-bond acceptors (Lipinski definition) is 6. The predicted molar refractivity (Wildman–Crippen MR) is 152 cm³/mol. The highest BCUT2D eigenvalue weighted by Crippen LogP contribution is 2.30. The number of aromatic nitrogens is 2. The van der Waals surface area contributed by atoms with Crippen molar-refractivity contribution in [2.24, 2.45) is 0 Å². The van der Waals surface area contributed by atoms with Gasteiger partial charge in [-0.1, -0.05) is 32.9 Å². The standard InChI is InChI=1S/C30H38N6O/c1-7-13-32-29(37)25-19-33-28(18-26(25)34-23-12-14-31-27(17-23)30(2,3)4)35-22-10-8-20-9-11-24(36(5)6)16-21(20)15-22/h7-8,10,12,14-15,17-19,24H,1,9,11,13,16H2,2-6H3,(H,32,37)(H2,31,33,34,35). The fraction of sp³-hybridized carbons (Fsp3) is 0.367. The Balaban J connectivity index is 1.63. The third kappa shape index (κ3) is 6.54. The lowest BCUT2D eigenvalue weighted by Gasteiger charge is -2.30. The number of carbonyl (C=O) groups is 1. The lowest BCUT2D eigenvalue weighted by Crippen LogP contribution is -2.33. The minimum absolute atomic E-state index is 0.0924. The van der Waals surface area contributed by atoms with Crippen molar-refractivity contribution in [1.29, 1.82) is 0 Å². The molecule has 1 unspecified atom stereocenters. The van der Waals surface area contributed by atoms with Crippen LogP contribution < -0.4 is 16.0 Å². The van der Waals surface area contributed by atoms with Crippen LogP contribution in [0.4, 0.5) is 22.9 Å². The number of nitrogens with one attached hydrogen (secondary N) is 3. The first kappa shape index (κ1) is 26.4. The van der Waals surface area contributed by atoms with E-state index in [4.69, 9.17) is 0 Å². The number of aryl methyl sites for hydroxylation is 1. The van der Waals surface area contributed by atoms with Gasteiger partial charge in [-0.25, -0.2) is 4.98 Å². The summed E-state index contributed by atoms with van der Waals surface area (Å²) in [7, 11) is 4.30. The molecule has 7 heteroatoms. The van der Waals surface area contributed by atoms with E-state index in [1.165, 1.54) is 17.5 Å². The Morgan fingerprint density at radius 1 is 1.08 bits per heavy atom. The maximum absolute atomic E-state index is 12.9. The van der Waals surface area contributed by atoms with Gasteiger partial charge in [0, 0.05) is 53.5 Å². The Morgan fingerprint density at radius 2 is 1.86 bits per heavy atom. The summed E-state index contributed by atoms with van der Waals surface area (Å²) < 4.78 is 0. The molecule has 0 aliphatic heterocycles. The minimum Gasteiger partial charge on any atom is -0.355 e. The molecule has 1 atom stereocenters. The van der Waals surface area contributed by atoms with Crippen LogP contribution in [0.3, 0.4) is 0 Å². The van der Waals surface area contributed by atoms with Gasteiger partial charge in [0.05, 0.1) is 11.3 Å². The molecule has 3 N–H and O–H groups in total. The van der Waals surface area contributed by atoms with Crippen LogP contribution in [-0.2, 0) is 18.3 Å². The molecule has 0 saturated carbocycles. The highest BCUT2D eigenvalue weighted by molar-refractivity contribution is 6.00. The first-order valence-corrected chi connectivity index (χ1v) is 12.8. The SMILES string of the molecule is C=CCNC(=O)c1cnc(Nc2ccc3c(c2)CC(N(C)C)CC3)cc1Nc1ccnc(C(C)(C)C)c1. The summed E-state index contributed by atoms with van der Waals surface area (Å²) in [5.74, 6) is 0.447. The molecular formula is C30H38N6O. The van der Waals surface area contributed by atoms with Crippen LogP contribution in [-0.4, -0.2) is 47.5 Å². The van der Waals surface area contributed by atoms with E-state index < -0.39 is 0 Å². The first-order chi connectivity index (χ1) is 17.6. The van der Waals surface area contributed by atoms with E-state index in [2.05, 4.69) is 90.5 Å². The fourth-order valence-electron chi connectivity index (χ4n) is 4.55. The molecule has 0 spiro atoms. The van der Waals surface area contributed by atoms with Gasteiger partial charge >= 0.3 is 0 Å². The lowest BCUT2D eigenvalue weighted by atomic mass is 9.87. The Hall–Kier alpha value is -3.71. The number of nitrogens with zero attached hydrogens (tertiary/aromatic N) is 3. The highest BCUT2D eigenvalue weighted by Gasteiger charge is 2.21. The molecule has 1 amide bonds. The zero-order valence-electron chi connectivity index (χ0n) is 22.6. The van der Waals surface area contributed by atoms with Crippen molar-refractivity contribution in [3.63, 3.8) is 0 Å². The molecule has 1 aliphatic rings. The number of anilines is 4. The van der Waals surface area contributed by atoms with Gasteiger partial charge in [-0.05, 0) is 68.8 Å². The largest absolute Gasteiger partial charge is 0.355 e. The summed E-state index contributed by atoms with van der Waals surface area (Å²) in [6.45, 7) is 10.4. The number of amides is 1. The summed E-state index contributed by atoms with van der Waals surface area (Å²) in [6, 6.07) is 12.9. The molecule has 2 heterocycles. The smallest absolute Gasteiger partial charge is 0.255 e.